The first-order chi connectivity index (χ1) is 14.0. The van der Waals surface area contributed by atoms with Crippen LogP contribution in [0.4, 0.5) is 10.1 Å². The summed E-state index contributed by atoms with van der Waals surface area (Å²) in [6.07, 6.45) is 2.29. The Labute approximate surface area is 180 Å². The Bertz CT molecular complexity index is 1030. The van der Waals surface area contributed by atoms with Gasteiger partial charge in [0.25, 0.3) is 10.0 Å². The van der Waals surface area contributed by atoms with Crippen molar-refractivity contribution in [3.63, 3.8) is 0 Å². The number of aliphatic imine (C=N–C) groups is 1. The number of carbonyl (C=O) groups is 1. The Kier molecular flexibility index (Phi) is 6.06. The number of benzene rings is 1. The molecule has 2 aliphatic rings. The molecule has 30 heavy (non-hydrogen) atoms. The average Bonchev–Trinajstić information content (AvgIpc) is 3.09. The van der Waals surface area contributed by atoms with Crippen molar-refractivity contribution in [2.75, 3.05) is 31.3 Å². The Morgan fingerprint density at radius 2 is 2.17 bits per heavy atom. The van der Waals surface area contributed by atoms with E-state index >= 15 is 0 Å². The molecule has 2 heterocycles. The topological polar surface area (TPSA) is 105 Å². The lowest BCUT2D eigenvalue weighted by atomic mass is 9.89. The third-order valence-corrected chi connectivity index (χ3v) is 8.50. The average molecular weight is 457 g/mol. The molecular weight excluding hydrogens is 431 g/mol. The molecular formula is C19H25FN4O4S2. The number of hydrogen-bond acceptors (Lipinski definition) is 8. The maximum atomic E-state index is 14.7. The first-order valence-corrected chi connectivity index (χ1v) is 11.8. The maximum absolute atomic E-state index is 14.7. The van der Waals surface area contributed by atoms with Crippen LogP contribution in [0.5, 0.6) is 0 Å². The maximum Gasteiger partial charge on any atom is 0.354 e. The minimum absolute atomic E-state index is 0.0827. The molecule has 0 fully saturated rings. The number of sulfonamides is 1. The van der Waals surface area contributed by atoms with Crippen LogP contribution in [0.15, 0.2) is 35.0 Å². The molecule has 0 spiro atoms. The smallest absolute Gasteiger partial charge is 0.354 e. The number of anilines is 1. The fraction of sp³-hybridized carbons (Fsp3) is 0.474. The van der Waals surface area contributed by atoms with E-state index in [2.05, 4.69) is 4.99 Å². The number of methoxy groups -OCH3 is 1. The molecule has 0 radical (unpaired) electrons. The molecule has 1 aromatic carbocycles. The van der Waals surface area contributed by atoms with Gasteiger partial charge in [-0.25, -0.2) is 17.6 Å². The number of ether oxygens (including phenoxy) is 1. The van der Waals surface area contributed by atoms with E-state index in [9.17, 15) is 17.6 Å². The van der Waals surface area contributed by atoms with Crippen molar-refractivity contribution in [3.8, 4) is 0 Å². The first kappa shape index (κ1) is 22.4. The second-order valence-corrected chi connectivity index (χ2v) is 10.6. The zero-order valence-electron chi connectivity index (χ0n) is 17.3. The quantitative estimate of drug-likeness (QED) is 0.676. The lowest BCUT2D eigenvalue weighted by molar-refractivity contribution is -0.137. The van der Waals surface area contributed by atoms with Crippen LogP contribution >= 0.6 is 11.8 Å². The van der Waals surface area contributed by atoms with Gasteiger partial charge in [0, 0.05) is 26.3 Å². The number of amidine groups is 1. The molecule has 0 aromatic heterocycles. The van der Waals surface area contributed by atoms with Gasteiger partial charge in [-0.15, -0.1) is 0 Å². The van der Waals surface area contributed by atoms with E-state index in [0.29, 0.717) is 17.2 Å². The van der Waals surface area contributed by atoms with Crippen molar-refractivity contribution < 1.29 is 22.3 Å². The van der Waals surface area contributed by atoms with Gasteiger partial charge in [0.05, 0.1) is 18.3 Å². The number of nitrogens with zero attached hydrogens (tertiary/aromatic N) is 3. The number of esters is 1. The summed E-state index contributed by atoms with van der Waals surface area (Å²) in [7, 11) is 0.00682. The van der Waals surface area contributed by atoms with Gasteiger partial charge in [-0.2, -0.15) is 0 Å². The van der Waals surface area contributed by atoms with Crippen molar-refractivity contribution in [2.45, 2.75) is 30.7 Å². The van der Waals surface area contributed by atoms with Gasteiger partial charge in [0.2, 0.25) is 0 Å². The van der Waals surface area contributed by atoms with Crippen LogP contribution in [0.2, 0.25) is 0 Å². The highest BCUT2D eigenvalue weighted by molar-refractivity contribution is 8.13. The molecule has 164 valence electrons. The van der Waals surface area contributed by atoms with Crippen molar-refractivity contribution in [1.82, 2.24) is 4.90 Å². The summed E-state index contributed by atoms with van der Waals surface area (Å²) in [5, 5.41) is -0.598. The van der Waals surface area contributed by atoms with E-state index < -0.39 is 32.7 Å². The molecule has 1 aromatic rings. The van der Waals surface area contributed by atoms with Crippen LogP contribution in [0, 0.1) is 5.82 Å². The number of rotatable bonds is 5. The number of thioether (sulfide) groups is 1. The molecule has 2 N–H and O–H groups in total. The van der Waals surface area contributed by atoms with Gasteiger partial charge in [0.1, 0.15) is 11.5 Å². The van der Waals surface area contributed by atoms with Gasteiger partial charge in [0.15, 0.2) is 10.5 Å². The predicted octanol–water partition coefficient (Wildman–Crippen LogP) is 1.98. The third-order valence-electron chi connectivity index (χ3n) is 5.55. The second kappa shape index (κ2) is 8.10. The van der Waals surface area contributed by atoms with E-state index in [1.165, 1.54) is 56.1 Å². The summed E-state index contributed by atoms with van der Waals surface area (Å²) in [5.41, 5.74) is 5.97. The summed E-state index contributed by atoms with van der Waals surface area (Å²) >= 11 is 1.45. The van der Waals surface area contributed by atoms with Crippen molar-refractivity contribution >= 4 is 38.6 Å². The Morgan fingerprint density at radius 1 is 1.47 bits per heavy atom. The Balaban J connectivity index is 1.94. The summed E-state index contributed by atoms with van der Waals surface area (Å²) in [6.45, 7) is 1.89. The van der Waals surface area contributed by atoms with Crippen LogP contribution in [0.3, 0.4) is 0 Å². The molecule has 3 rings (SSSR count). The third kappa shape index (κ3) is 3.87. The highest BCUT2D eigenvalue weighted by Crippen LogP contribution is 2.38. The summed E-state index contributed by atoms with van der Waals surface area (Å²) in [5.74, 6) is -0.524. The number of nitrogens with two attached hydrogens (primary N) is 1. The lowest BCUT2D eigenvalue weighted by Gasteiger charge is -2.32. The molecule has 0 saturated carbocycles. The van der Waals surface area contributed by atoms with Gasteiger partial charge >= 0.3 is 5.97 Å². The van der Waals surface area contributed by atoms with E-state index in [4.69, 9.17) is 10.5 Å². The van der Waals surface area contributed by atoms with Crippen molar-refractivity contribution in [2.24, 2.45) is 10.7 Å². The highest BCUT2D eigenvalue weighted by atomic mass is 32.2. The molecule has 0 saturated heterocycles. The first-order valence-electron chi connectivity index (χ1n) is 9.28. The van der Waals surface area contributed by atoms with Crippen LogP contribution in [0.1, 0.15) is 25.3 Å². The minimum Gasteiger partial charge on any atom is -0.464 e. The summed E-state index contributed by atoms with van der Waals surface area (Å²) in [6, 6.07) is 4.35. The van der Waals surface area contributed by atoms with Crippen LogP contribution in [-0.2, 0) is 25.1 Å². The van der Waals surface area contributed by atoms with Gasteiger partial charge in [-0.05, 0) is 31.0 Å². The van der Waals surface area contributed by atoms with Crippen molar-refractivity contribution in [1.29, 1.82) is 0 Å². The van der Waals surface area contributed by atoms with Crippen LogP contribution < -0.4 is 10.0 Å². The van der Waals surface area contributed by atoms with E-state index in [1.807, 2.05) is 6.92 Å². The van der Waals surface area contributed by atoms with Gasteiger partial charge in [-0.1, -0.05) is 23.9 Å². The number of hydrogen-bond donors (Lipinski definition) is 1. The van der Waals surface area contributed by atoms with E-state index in [-0.39, 0.29) is 17.8 Å². The SMILES string of the molecule is COC(=O)C1=CCC(S(=O)(=O)N(C)c2cc(C3(C)CCSC(N)=N3)ccc2F)N1C. The number of carbonyl (C=O) groups excluding carboxylic acids is 1. The molecule has 8 nitrogen and oxygen atoms in total. The van der Waals surface area contributed by atoms with Crippen molar-refractivity contribution in [3.05, 3.63) is 41.4 Å². The number of likely N-dealkylation sites (N-methyl/N-ethyl adjacent to an activating group) is 1. The highest BCUT2D eigenvalue weighted by Gasteiger charge is 2.40. The van der Waals surface area contributed by atoms with Crippen LogP contribution in [0.25, 0.3) is 0 Å². The Morgan fingerprint density at radius 3 is 2.80 bits per heavy atom. The van der Waals surface area contributed by atoms with E-state index in [0.717, 1.165) is 10.1 Å². The Hall–Kier alpha value is -2.27. The zero-order chi connectivity index (χ0) is 22.3. The number of halogens is 1. The standard InChI is InChI=1S/C19H25FN4O4S2/c1-19(9-10-29-18(21)22-19)12-5-6-13(20)15(11-12)24(3)30(26,27)16-8-7-14(23(16)2)17(25)28-4/h5-7,11,16H,8-10H2,1-4H3,(H2,21,22). The zero-order valence-corrected chi connectivity index (χ0v) is 18.9. The van der Waals surface area contributed by atoms with Gasteiger partial charge < -0.3 is 15.4 Å². The normalized spacial score (nSPS) is 24.3. The van der Waals surface area contributed by atoms with Crippen LogP contribution in [-0.4, -0.2) is 56.8 Å². The minimum atomic E-state index is -4.02. The fourth-order valence-electron chi connectivity index (χ4n) is 3.63. The molecule has 2 unspecified atom stereocenters. The summed E-state index contributed by atoms with van der Waals surface area (Å²) in [4.78, 5) is 17.7. The van der Waals surface area contributed by atoms with E-state index in [1.54, 1.807) is 6.07 Å². The molecule has 0 amide bonds. The predicted molar refractivity (Wildman–Crippen MR) is 116 cm³/mol. The second-order valence-electron chi connectivity index (χ2n) is 7.38. The van der Waals surface area contributed by atoms with Gasteiger partial charge in [-0.3, -0.25) is 9.30 Å². The molecule has 0 bridgehead atoms. The summed E-state index contributed by atoms with van der Waals surface area (Å²) < 4.78 is 46.8. The molecule has 11 heteroatoms. The molecule has 0 aliphatic carbocycles. The monoisotopic (exact) mass is 456 g/mol. The lowest BCUT2D eigenvalue weighted by Crippen LogP contribution is -2.44. The fourth-order valence-corrected chi connectivity index (χ4v) is 6.23. The molecule has 2 atom stereocenters. The molecule has 2 aliphatic heterocycles. The largest absolute Gasteiger partial charge is 0.464 e.